The molecule has 0 radical (unpaired) electrons. The Labute approximate surface area is 134 Å². The molecule has 0 bridgehead atoms. The second-order valence-corrected chi connectivity index (χ2v) is 5.78. The highest BCUT2D eigenvalue weighted by atomic mass is 16.6. The number of fused-ring (bicyclic) bond motifs is 4. The van der Waals surface area contributed by atoms with E-state index in [4.69, 9.17) is 9.31 Å². The molecule has 0 fully saturated rings. The van der Waals surface area contributed by atoms with Gasteiger partial charge in [0.15, 0.2) is 0 Å². The molecular weight excluding hydrogens is 283 g/mol. The fourth-order valence-corrected chi connectivity index (χ4v) is 3.20. The number of benzene rings is 4. The first-order valence-corrected chi connectivity index (χ1v) is 7.72. The first-order chi connectivity index (χ1) is 11.4. The Morgan fingerprint density at radius 1 is 0.565 bits per heavy atom. The molecule has 0 spiro atoms. The second kappa shape index (κ2) is 4.78. The smallest absolute Gasteiger partial charge is 0.519 e. The maximum Gasteiger partial charge on any atom is 0.632 e. The summed E-state index contributed by atoms with van der Waals surface area (Å²) >= 11 is 0. The zero-order valence-electron chi connectivity index (χ0n) is 12.4. The Balaban J connectivity index is 1.65. The molecule has 0 amide bonds. The van der Waals surface area contributed by atoms with Crippen molar-refractivity contribution in [2.75, 3.05) is 0 Å². The van der Waals surface area contributed by atoms with Gasteiger partial charge < -0.3 is 9.31 Å². The van der Waals surface area contributed by atoms with E-state index in [1.54, 1.807) is 0 Å². The minimum Gasteiger partial charge on any atom is -0.519 e. The summed E-state index contributed by atoms with van der Waals surface area (Å²) in [6.45, 7) is 0. The third kappa shape index (κ3) is 1.97. The summed E-state index contributed by atoms with van der Waals surface area (Å²) in [5, 5.41) is 4.95. The lowest BCUT2D eigenvalue weighted by molar-refractivity contribution is 0.519. The van der Waals surface area contributed by atoms with E-state index in [9.17, 15) is 0 Å². The van der Waals surface area contributed by atoms with Gasteiger partial charge in [-0.25, -0.2) is 0 Å². The predicted molar refractivity (Wildman–Crippen MR) is 94.5 cm³/mol. The van der Waals surface area contributed by atoms with Crippen LogP contribution in [0.25, 0.3) is 21.5 Å². The van der Waals surface area contributed by atoms with Crippen molar-refractivity contribution in [3.8, 4) is 11.5 Å². The Kier molecular flexibility index (Phi) is 2.62. The molecule has 3 heteroatoms. The maximum absolute atomic E-state index is 5.93. The summed E-state index contributed by atoms with van der Waals surface area (Å²) in [6, 6.07) is 26.9. The summed E-state index contributed by atoms with van der Waals surface area (Å²) in [7, 11) is -0.379. The molecule has 1 aliphatic rings. The number of hydrogen-bond acceptors (Lipinski definition) is 2. The standard InChI is InChI=1S/C20H13BO2/c1-2-6-17-14(5-1)9-10-15-11-12-16(13-18(15)17)21-22-19-7-3-4-8-20(19)23-21/h1-13H. The third-order valence-electron chi connectivity index (χ3n) is 4.36. The normalized spacial score (nSPS) is 13.0. The third-order valence-corrected chi connectivity index (χ3v) is 4.36. The Bertz CT molecular complexity index is 1020. The molecule has 108 valence electrons. The minimum absolute atomic E-state index is 0.379. The van der Waals surface area contributed by atoms with Gasteiger partial charge >= 0.3 is 7.12 Å². The lowest BCUT2D eigenvalue weighted by Crippen LogP contribution is -2.38. The van der Waals surface area contributed by atoms with Crippen LogP contribution in [0.15, 0.2) is 78.9 Å². The average Bonchev–Trinajstić information content (AvgIpc) is 3.05. The van der Waals surface area contributed by atoms with E-state index in [0.29, 0.717) is 0 Å². The molecule has 0 aliphatic carbocycles. The molecule has 0 atom stereocenters. The molecule has 0 saturated carbocycles. The predicted octanol–water partition coefficient (Wildman–Crippen LogP) is 4.16. The van der Waals surface area contributed by atoms with Crippen molar-refractivity contribution < 1.29 is 9.31 Å². The Morgan fingerprint density at radius 2 is 1.17 bits per heavy atom. The fraction of sp³-hybridized carbons (Fsp3) is 0. The molecular formula is C20H13BO2. The van der Waals surface area contributed by atoms with Gasteiger partial charge in [0.05, 0.1) is 0 Å². The van der Waals surface area contributed by atoms with Crippen molar-refractivity contribution in [3.63, 3.8) is 0 Å². The van der Waals surface area contributed by atoms with Crippen molar-refractivity contribution in [1.82, 2.24) is 0 Å². The van der Waals surface area contributed by atoms with E-state index in [0.717, 1.165) is 17.0 Å². The first kappa shape index (κ1) is 12.6. The van der Waals surface area contributed by atoms with Gasteiger partial charge in [-0.1, -0.05) is 66.7 Å². The van der Waals surface area contributed by atoms with Gasteiger partial charge in [0, 0.05) is 5.46 Å². The average molecular weight is 296 g/mol. The van der Waals surface area contributed by atoms with Crippen LogP contribution in [0.2, 0.25) is 0 Å². The zero-order valence-corrected chi connectivity index (χ0v) is 12.4. The van der Waals surface area contributed by atoms with Gasteiger partial charge in [-0.05, 0) is 33.7 Å². The van der Waals surface area contributed by atoms with Gasteiger partial charge in [0.1, 0.15) is 11.5 Å². The highest BCUT2D eigenvalue weighted by molar-refractivity contribution is 6.64. The van der Waals surface area contributed by atoms with Crippen molar-refractivity contribution >= 4 is 34.1 Å². The molecule has 1 heterocycles. The number of hydrogen-bond donors (Lipinski definition) is 0. The van der Waals surface area contributed by atoms with Crippen molar-refractivity contribution in [1.29, 1.82) is 0 Å². The molecule has 4 aromatic carbocycles. The van der Waals surface area contributed by atoms with Gasteiger partial charge in [0.2, 0.25) is 0 Å². The molecule has 4 aromatic rings. The van der Waals surface area contributed by atoms with Crippen LogP contribution >= 0.6 is 0 Å². The molecule has 1 aliphatic heterocycles. The van der Waals surface area contributed by atoms with Crippen molar-refractivity contribution in [2.24, 2.45) is 0 Å². The van der Waals surface area contributed by atoms with Gasteiger partial charge in [-0.15, -0.1) is 0 Å². The largest absolute Gasteiger partial charge is 0.632 e. The zero-order chi connectivity index (χ0) is 15.2. The first-order valence-electron chi connectivity index (χ1n) is 7.72. The highest BCUT2D eigenvalue weighted by Crippen LogP contribution is 2.33. The lowest BCUT2D eigenvalue weighted by Gasteiger charge is -2.08. The SMILES string of the molecule is c1ccc2c(c1)OB(c1ccc3ccc4ccccc4c3c1)O2. The molecule has 2 nitrogen and oxygen atoms in total. The van der Waals surface area contributed by atoms with E-state index < -0.39 is 0 Å². The van der Waals surface area contributed by atoms with E-state index in [1.165, 1.54) is 21.5 Å². The molecule has 0 saturated heterocycles. The second-order valence-electron chi connectivity index (χ2n) is 5.78. The molecule has 0 unspecified atom stereocenters. The Morgan fingerprint density at radius 3 is 1.96 bits per heavy atom. The van der Waals surface area contributed by atoms with Gasteiger partial charge in [-0.2, -0.15) is 0 Å². The van der Waals surface area contributed by atoms with Crippen LogP contribution in [0, 0.1) is 0 Å². The molecule has 23 heavy (non-hydrogen) atoms. The summed E-state index contributed by atoms with van der Waals surface area (Å²) in [6.07, 6.45) is 0. The van der Waals surface area contributed by atoms with Crippen LogP contribution in [0.5, 0.6) is 11.5 Å². The molecule has 0 aromatic heterocycles. The summed E-state index contributed by atoms with van der Waals surface area (Å²) in [5.41, 5.74) is 1.03. The van der Waals surface area contributed by atoms with Gasteiger partial charge in [-0.3, -0.25) is 0 Å². The van der Waals surface area contributed by atoms with Crippen molar-refractivity contribution in [3.05, 3.63) is 78.9 Å². The van der Waals surface area contributed by atoms with Crippen LogP contribution in [-0.2, 0) is 0 Å². The van der Waals surface area contributed by atoms with Crippen LogP contribution in [0.3, 0.4) is 0 Å². The summed E-state index contributed by atoms with van der Waals surface area (Å²) < 4.78 is 11.9. The Hall–Kier alpha value is -2.94. The van der Waals surface area contributed by atoms with Gasteiger partial charge in [0.25, 0.3) is 0 Å². The minimum atomic E-state index is -0.379. The molecule has 5 rings (SSSR count). The van der Waals surface area contributed by atoms with Crippen LogP contribution in [-0.4, -0.2) is 7.12 Å². The number of rotatable bonds is 1. The fourth-order valence-electron chi connectivity index (χ4n) is 3.20. The monoisotopic (exact) mass is 296 g/mol. The van der Waals surface area contributed by atoms with Crippen LogP contribution in [0.4, 0.5) is 0 Å². The van der Waals surface area contributed by atoms with E-state index in [-0.39, 0.29) is 7.12 Å². The van der Waals surface area contributed by atoms with Crippen molar-refractivity contribution in [2.45, 2.75) is 0 Å². The van der Waals surface area contributed by atoms with Crippen LogP contribution in [0.1, 0.15) is 0 Å². The maximum atomic E-state index is 5.93. The van der Waals surface area contributed by atoms with E-state index >= 15 is 0 Å². The quantitative estimate of drug-likeness (QED) is 0.388. The van der Waals surface area contributed by atoms with E-state index in [2.05, 4.69) is 54.6 Å². The van der Waals surface area contributed by atoms with Crippen LogP contribution < -0.4 is 14.8 Å². The topological polar surface area (TPSA) is 18.5 Å². The summed E-state index contributed by atoms with van der Waals surface area (Å²) in [4.78, 5) is 0. The highest BCUT2D eigenvalue weighted by Gasteiger charge is 2.33. The lowest BCUT2D eigenvalue weighted by atomic mass is 9.78. The number of para-hydroxylation sites is 2. The molecule has 0 N–H and O–H groups in total. The van der Waals surface area contributed by atoms with E-state index in [1.807, 2.05) is 24.3 Å². The summed E-state index contributed by atoms with van der Waals surface area (Å²) in [5.74, 6) is 1.60.